The number of amides is 2. The monoisotopic (exact) mass is 380 g/mol. The molecule has 0 radical (unpaired) electrons. The lowest BCUT2D eigenvalue weighted by molar-refractivity contribution is 0.0956. The number of unbranched alkanes of at least 4 members (excludes halogenated alkanes) is 1. The van der Waals surface area contributed by atoms with E-state index in [1.165, 1.54) is 0 Å². The van der Waals surface area contributed by atoms with Crippen molar-refractivity contribution in [2.75, 3.05) is 19.8 Å². The van der Waals surface area contributed by atoms with Crippen LogP contribution >= 0.6 is 0 Å². The van der Waals surface area contributed by atoms with Crippen molar-refractivity contribution in [3.8, 4) is 23.3 Å². The lowest BCUT2D eigenvalue weighted by Crippen LogP contribution is -2.23. The third-order valence-corrected chi connectivity index (χ3v) is 3.80. The first-order valence-electron chi connectivity index (χ1n) is 9.10. The van der Waals surface area contributed by atoms with Gasteiger partial charge in [-0.05, 0) is 42.8 Å². The number of para-hydroxylation sites is 1. The third kappa shape index (κ3) is 6.69. The second-order valence-electron chi connectivity index (χ2n) is 5.91. The quantitative estimate of drug-likeness (QED) is 0.517. The van der Waals surface area contributed by atoms with Crippen molar-refractivity contribution in [1.29, 1.82) is 0 Å². The van der Waals surface area contributed by atoms with E-state index >= 15 is 0 Å². The zero-order valence-corrected chi connectivity index (χ0v) is 15.9. The predicted molar refractivity (Wildman–Crippen MR) is 107 cm³/mol. The Morgan fingerprint density at radius 2 is 1.79 bits per heavy atom. The standard InChI is InChI=1S/C22H24N2O4/c1-2-3-15-27-18-12-10-17(11-13-18)22(26)24-14-6-7-16-28-20-9-5-4-8-19(20)21(23)25/h4-5,8-13H,2-3,14-16H2,1H3,(H2,23,25)(H,24,26). The minimum absolute atomic E-state index is 0.0873. The number of carbonyl (C=O) groups is 2. The SMILES string of the molecule is CCCCOc1ccc(C(=O)NCC#CCOc2ccccc2C(N)=O)cc1. The maximum absolute atomic E-state index is 12.1. The topological polar surface area (TPSA) is 90.7 Å². The van der Waals surface area contributed by atoms with Crippen LogP contribution in [0.2, 0.25) is 0 Å². The van der Waals surface area contributed by atoms with Crippen molar-refractivity contribution in [3.63, 3.8) is 0 Å². The van der Waals surface area contributed by atoms with E-state index in [0.717, 1.165) is 18.6 Å². The van der Waals surface area contributed by atoms with Crippen LogP contribution in [0.25, 0.3) is 0 Å². The number of ether oxygens (including phenoxy) is 2. The average molecular weight is 380 g/mol. The normalized spacial score (nSPS) is 9.75. The summed E-state index contributed by atoms with van der Waals surface area (Å²) in [5, 5.41) is 2.72. The summed E-state index contributed by atoms with van der Waals surface area (Å²) >= 11 is 0. The Balaban J connectivity index is 1.75. The van der Waals surface area contributed by atoms with Gasteiger partial charge in [0.05, 0.1) is 18.7 Å². The molecule has 28 heavy (non-hydrogen) atoms. The maximum atomic E-state index is 12.1. The summed E-state index contributed by atoms with van der Waals surface area (Å²) in [4.78, 5) is 23.4. The van der Waals surface area contributed by atoms with Crippen LogP contribution in [-0.4, -0.2) is 31.6 Å². The first-order chi connectivity index (χ1) is 13.6. The van der Waals surface area contributed by atoms with Crippen LogP contribution in [0.3, 0.4) is 0 Å². The number of benzene rings is 2. The van der Waals surface area contributed by atoms with Crippen LogP contribution in [0.5, 0.6) is 11.5 Å². The van der Waals surface area contributed by atoms with Crippen molar-refractivity contribution < 1.29 is 19.1 Å². The van der Waals surface area contributed by atoms with Crippen LogP contribution in [0.4, 0.5) is 0 Å². The summed E-state index contributed by atoms with van der Waals surface area (Å²) in [6.45, 7) is 3.05. The Morgan fingerprint density at radius 3 is 2.50 bits per heavy atom. The summed E-state index contributed by atoms with van der Waals surface area (Å²) in [5.74, 6) is 5.95. The molecule has 3 N–H and O–H groups in total. The molecule has 2 rings (SSSR count). The summed E-state index contributed by atoms with van der Waals surface area (Å²) in [7, 11) is 0. The van der Waals surface area contributed by atoms with Crippen LogP contribution in [-0.2, 0) is 0 Å². The maximum Gasteiger partial charge on any atom is 0.252 e. The van der Waals surface area contributed by atoms with Crippen molar-refractivity contribution in [1.82, 2.24) is 5.32 Å². The molecule has 0 aliphatic rings. The Kier molecular flexibility index (Phi) is 8.41. The predicted octanol–water partition coefficient (Wildman–Crippen LogP) is 2.78. The van der Waals surface area contributed by atoms with E-state index in [0.29, 0.717) is 23.5 Å². The summed E-state index contributed by atoms with van der Waals surface area (Å²) in [5.41, 5.74) is 6.13. The van der Waals surface area contributed by atoms with Crippen molar-refractivity contribution in [3.05, 3.63) is 59.7 Å². The highest BCUT2D eigenvalue weighted by Gasteiger charge is 2.07. The Bertz CT molecular complexity index is 851. The molecule has 146 valence electrons. The minimum atomic E-state index is -0.558. The van der Waals surface area contributed by atoms with Gasteiger partial charge in [0, 0.05) is 5.56 Å². The van der Waals surface area contributed by atoms with Gasteiger partial charge < -0.3 is 20.5 Å². The molecule has 0 fully saturated rings. The number of nitrogens with two attached hydrogens (primary N) is 1. The zero-order chi connectivity index (χ0) is 20.2. The Morgan fingerprint density at radius 1 is 1.04 bits per heavy atom. The lowest BCUT2D eigenvalue weighted by Gasteiger charge is -2.06. The molecule has 2 amide bonds. The van der Waals surface area contributed by atoms with E-state index in [2.05, 4.69) is 24.1 Å². The second kappa shape index (κ2) is 11.3. The highest BCUT2D eigenvalue weighted by molar-refractivity contribution is 5.95. The molecule has 0 saturated heterocycles. The summed E-state index contributed by atoms with van der Waals surface area (Å²) < 4.78 is 11.0. The fourth-order valence-corrected chi connectivity index (χ4v) is 2.29. The number of hydrogen-bond acceptors (Lipinski definition) is 4. The van der Waals surface area contributed by atoms with Gasteiger partial charge in [-0.1, -0.05) is 37.3 Å². The van der Waals surface area contributed by atoms with Crippen LogP contribution in [0.1, 0.15) is 40.5 Å². The van der Waals surface area contributed by atoms with Gasteiger partial charge in [-0.3, -0.25) is 9.59 Å². The molecule has 2 aromatic rings. The number of hydrogen-bond donors (Lipinski definition) is 2. The largest absolute Gasteiger partial charge is 0.494 e. The van der Waals surface area contributed by atoms with Crippen molar-refractivity contribution in [2.45, 2.75) is 19.8 Å². The molecular weight excluding hydrogens is 356 g/mol. The number of nitrogens with one attached hydrogen (secondary N) is 1. The van der Waals surface area contributed by atoms with Crippen LogP contribution in [0, 0.1) is 11.8 Å². The van der Waals surface area contributed by atoms with Crippen LogP contribution in [0.15, 0.2) is 48.5 Å². The fourth-order valence-electron chi connectivity index (χ4n) is 2.29. The summed E-state index contributed by atoms with van der Waals surface area (Å²) in [6.07, 6.45) is 2.07. The van der Waals surface area contributed by atoms with Crippen molar-refractivity contribution >= 4 is 11.8 Å². The Labute approximate surface area is 165 Å². The molecular formula is C22H24N2O4. The lowest BCUT2D eigenvalue weighted by atomic mass is 10.2. The smallest absolute Gasteiger partial charge is 0.252 e. The number of rotatable bonds is 9. The minimum Gasteiger partial charge on any atom is -0.494 e. The molecule has 2 aromatic carbocycles. The van der Waals surface area contributed by atoms with Crippen molar-refractivity contribution in [2.24, 2.45) is 5.73 Å². The number of primary amides is 1. The van der Waals surface area contributed by atoms with Gasteiger partial charge in [0.25, 0.3) is 11.8 Å². The van der Waals surface area contributed by atoms with E-state index < -0.39 is 5.91 Å². The molecule has 0 saturated carbocycles. The van der Waals surface area contributed by atoms with Gasteiger partial charge in [0.2, 0.25) is 0 Å². The molecule has 0 spiro atoms. The van der Waals surface area contributed by atoms with E-state index in [4.69, 9.17) is 15.2 Å². The van der Waals surface area contributed by atoms with E-state index in [-0.39, 0.29) is 19.1 Å². The Hall–Kier alpha value is -3.46. The molecule has 0 bridgehead atoms. The van der Waals surface area contributed by atoms with E-state index in [9.17, 15) is 9.59 Å². The summed E-state index contributed by atoms with van der Waals surface area (Å²) in [6, 6.07) is 13.7. The molecule has 0 unspecified atom stereocenters. The average Bonchev–Trinajstić information content (AvgIpc) is 2.71. The van der Waals surface area contributed by atoms with Gasteiger partial charge in [0.1, 0.15) is 18.1 Å². The highest BCUT2D eigenvalue weighted by Crippen LogP contribution is 2.16. The molecule has 0 aromatic heterocycles. The van der Waals surface area contributed by atoms with E-state index in [1.54, 1.807) is 48.5 Å². The zero-order valence-electron chi connectivity index (χ0n) is 15.9. The molecule has 6 heteroatoms. The fraction of sp³-hybridized carbons (Fsp3) is 0.273. The van der Waals surface area contributed by atoms with Gasteiger partial charge in [-0.15, -0.1) is 0 Å². The van der Waals surface area contributed by atoms with Gasteiger partial charge in [-0.25, -0.2) is 0 Å². The first kappa shape index (κ1) is 20.8. The highest BCUT2D eigenvalue weighted by atomic mass is 16.5. The second-order valence-corrected chi connectivity index (χ2v) is 5.91. The first-order valence-corrected chi connectivity index (χ1v) is 9.10. The molecule has 6 nitrogen and oxygen atoms in total. The molecule has 0 aliphatic carbocycles. The number of carbonyl (C=O) groups excluding carboxylic acids is 2. The van der Waals surface area contributed by atoms with Gasteiger partial charge >= 0.3 is 0 Å². The van der Waals surface area contributed by atoms with E-state index in [1.807, 2.05) is 0 Å². The van der Waals surface area contributed by atoms with Gasteiger partial charge in [0.15, 0.2) is 0 Å². The third-order valence-electron chi connectivity index (χ3n) is 3.80. The molecule has 0 aliphatic heterocycles. The van der Waals surface area contributed by atoms with Crippen LogP contribution < -0.4 is 20.5 Å². The molecule has 0 atom stereocenters. The van der Waals surface area contributed by atoms with Gasteiger partial charge in [-0.2, -0.15) is 0 Å². The molecule has 0 heterocycles.